The highest BCUT2D eigenvalue weighted by atomic mass is 32.1. The minimum atomic E-state index is -0.409. The van der Waals surface area contributed by atoms with Crippen molar-refractivity contribution in [1.29, 1.82) is 0 Å². The van der Waals surface area contributed by atoms with Gasteiger partial charge in [-0.3, -0.25) is 9.69 Å². The highest BCUT2D eigenvalue weighted by Crippen LogP contribution is 2.29. The molecule has 0 unspecified atom stereocenters. The van der Waals surface area contributed by atoms with Gasteiger partial charge in [0.1, 0.15) is 11.8 Å². The average Bonchev–Trinajstić information content (AvgIpc) is 3.07. The quantitative estimate of drug-likeness (QED) is 0.600. The summed E-state index contributed by atoms with van der Waals surface area (Å²) in [7, 11) is 3.60. The second-order valence-corrected chi connectivity index (χ2v) is 7.95. The molecule has 0 fully saturated rings. The lowest BCUT2D eigenvalue weighted by molar-refractivity contribution is -0.121. The molecule has 3 aromatic rings. The van der Waals surface area contributed by atoms with Gasteiger partial charge in [-0.25, -0.2) is 0 Å². The third kappa shape index (κ3) is 4.61. The largest absolute Gasteiger partial charge is 0.495 e. The Labute approximate surface area is 170 Å². The van der Waals surface area contributed by atoms with Crippen LogP contribution >= 0.6 is 11.3 Å². The third-order valence-electron chi connectivity index (χ3n) is 4.78. The maximum Gasteiger partial charge on any atom is 0.246 e. The molecule has 0 aliphatic heterocycles. The molecule has 28 heavy (non-hydrogen) atoms. The van der Waals surface area contributed by atoms with Gasteiger partial charge in [-0.15, -0.1) is 11.3 Å². The lowest BCUT2D eigenvalue weighted by Crippen LogP contribution is -2.34. The molecule has 1 atom stereocenters. The number of aryl methyl sites for hydroxylation is 2. The van der Waals surface area contributed by atoms with Crippen LogP contribution in [0.5, 0.6) is 5.75 Å². The van der Waals surface area contributed by atoms with Crippen LogP contribution in [0.3, 0.4) is 0 Å². The van der Waals surface area contributed by atoms with Crippen LogP contribution in [0.15, 0.2) is 60.0 Å². The van der Waals surface area contributed by atoms with Gasteiger partial charge in [-0.2, -0.15) is 0 Å². The summed E-state index contributed by atoms with van der Waals surface area (Å²) < 4.78 is 5.42. The van der Waals surface area contributed by atoms with E-state index >= 15 is 0 Å². The number of ether oxygens (including phenoxy) is 1. The first kappa shape index (κ1) is 20.1. The first-order valence-corrected chi connectivity index (χ1v) is 10.1. The van der Waals surface area contributed by atoms with E-state index in [1.54, 1.807) is 18.4 Å². The van der Waals surface area contributed by atoms with Gasteiger partial charge in [0.2, 0.25) is 5.91 Å². The number of nitrogens with one attached hydrogen (secondary N) is 1. The molecular weight excluding hydrogens is 368 g/mol. The number of amides is 1. The van der Waals surface area contributed by atoms with Crippen LogP contribution in [-0.4, -0.2) is 25.0 Å². The lowest BCUT2D eigenvalue weighted by atomic mass is 10.0. The Morgan fingerprint density at radius 1 is 1.14 bits per heavy atom. The molecule has 0 saturated carbocycles. The zero-order chi connectivity index (χ0) is 20.1. The lowest BCUT2D eigenvalue weighted by Gasteiger charge is -2.28. The Kier molecular flexibility index (Phi) is 6.49. The van der Waals surface area contributed by atoms with Crippen LogP contribution in [0.1, 0.15) is 27.6 Å². The number of methoxy groups -OCH3 is 1. The Morgan fingerprint density at radius 2 is 1.89 bits per heavy atom. The number of benzene rings is 2. The average molecular weight is 395 g/mol. The normalized spacial score (nSPS) is 12.0. The predicted molar refractivity (Wildman–Crippen MR) is 116 cm³/mol. The smallest absolute Gasteiger partial charge is 0.246 e. The van der Waals surface area contributed by atoms with Gasteiger partial charge in [0, 0.05) is 11.4 Å². The number of hydrogen-bond donors (Lipinski definition) is 1. The summed E-state index contributed by atoms with van der Waals surface area (Å²) in [6.45, 7) is 4.81. The van der Waals surface area contributed by atoms with Crippen molar-refractivity contribution in [2.75, 3.05) is 19.5 Å². The third-order valence-corrected chi connectivity index (χ3v) is 5.79. The van der Waals surface area contributed by atoms with Crippen molar-refractivity contribution in [3.63, 3.8) is 0 Å². The van der Waals surface area contributed by atoms with Gasteiger partial charge < -0.3 is 10.1 Å². The second kappa shape index (κ2) is 9.04. The minimum Gasteiger partial charge on any atom is -0.495 e. The van der Waals surface area contributed by atoms with Crippen molar-refractivity contribution >= 4 is 22.9 Å². The Hall–Kier alpha value is -2.63. The fourth-order valence-corrected chi connectivity index (χ4v) is 4.21. The molecule has 1 N–H and O–H groups in total. The summed E-state index contributed by atoms with van der Waals surface area (Å²) in [6.07, 6.45) is 0. The van der Waals surface area contributed by atoms with Crippen LogP contribution < -0.4 is 10.1 Å². The summed E-state index contributed by atoms with van der Waals surface area (Å²) in [4.78, 5) is 16.7. The van der Waals surface area contributed by atoms with Crippen LogP contribution in [0.4, 0.5) is 5.69 Å². The van der Waals surface area contributed by atoms with Crippen LogP contribution in [0.25, 0.3) is 0 Å². The first-order valence-electron chi connectivity index (χ1n) is 9.23. The van der Waals surface area contributed by atoms with Crippen LogP contribution in [-0.2, 0) is 11.3 Å². The Morgan fingerprint density at radius 3 is 2.54 bits per heavy atom. The Bertz CT molecular complexity index is 937. The molecule has 5 heteroatoms. The van der Waals surface area contributed by atoms with Crippen molar-refractivity contribution in [2.24, 2.45) is 0 Å². The van der Waals surface area contributed by atoms with Gasteiger partial charge in [0.15, 0.2) is 0 Å². The molecule has 0 aliphatic rings. The molecule has 0 aliphatic carbocycles. The van der Waals surface area contributed by atoms with E-state index in [4.69, 9.17) is 4.74 Å². The van der Waals surface area contributed by atoms with E-state index in [1.807, 2.05) is 62.5 Å². The molecule has 4 nitrogen and oxygen atoms in total. The van der Waals surface area contributed by atoms with E-state index in [-0.39, 0.29) is 5.91 Å². The van der Waals surface area contributed by atoms with Crippen molar-refractivity contribution in [1.82, 2.24) is 4.90 Å². The van der Waals surface area contributed by atoms with E-state index in [0.717, 1.165) is 11.1 Å². The molecule has 0 bridgehead atoms. The SMILES string of the molecule is COc1ccc(C)cc1NC(=O)[C@H](c1ccccc1)N(C)Cc1sccc1C. The summed E-state index contributed by atoms with van der Waals surface area (Å²) in [5.74, 6) is 0.578. The number of anilines is 1. The fourth-order valence-electron chi connectivity index (χ4n) is 3.25. The number of thiophene rings is 1. The van der Waals surface area contributed by atoms with E-state index in [0.29, 0.717) is 18.0 Å². The fraction of sp³-hybridized carbons (Fsp3) is 0.261. The molecule has 0 saturated heterocycles. The summed E-state index contributed by atoms with van der Waals surface area (Å²) in [5.41, 5.74) is 3.97. The summed E-state index contributed by atoms with van der Waals surface area (Å²) in [6, 6.07) is 17.4. The maximum absolute atomic E-state index is 13.3. The van der Waals surface area contributed by atoms with Crippen molar-refractivity contribution in [3.8, 4) is 5.75 Å². The predicted octanol–water partition coefficient (Wildman–Crippen LogP) is 5.19. The minimum absolute atomic E-state index is 0.0770. The van der Waals surface area contributed by atoms with Gasteiger partial charge in [-0.05, 0) is 61.2 Å². The standard InChI is InChI=1S/C23H26N2O2S/c1-16-10-11-20(27-4)19(14-16)24-23(26)22(18-8-6-5-7-9-18)25(3)15-21-17(2)12-13-28-21/h5-14,22H,15H2,1-4H3,(H,24,26)/t22-/m0/s1. The topological polar surface area (TPSA) is 41.6 Å². The molecule has 1 aromatic heterocycles. The number of carbonyl (C=O) groups excluding carboxylic acids is 1. The van der Waals surface area contributed by atoms with Gasteiger partial charge >= 0.3 is 0 Å². The Balaban J connectivity index is 1.89. The second-order valence-electron chi connectivity index (χ2n) is 6.95. The first-order chi connectivity index (χ1) is 13.5. The van der Waals surface area contributed by atoms with Crippen molar-refractivity contribution in [3.05, 3.63) is 81.5 Å². The maximum atomic E-state index is 13.3. The number of hydrogen-bond acceptors (Lipinski definition) is 4. The van der Waals surface area contributed by atoms with E-state index in [9.17, 15) is 4.79 Å². The van der Waals surface area contributed by atoms with Crippen molar-refractivity contribution < 1.29 is 9.53 Å². The molecule has 0 spiro atoms. The van der Waals surface area contributed by atoms with Crippen LogP contribution in [0.2, 0.25) is 0 Å². The zero-order valence-corrected chi connectivity index (χ0v) is 17.5. The van der Waals surface area contributed by atoms with Crippen LogP contribution in [0, 0.1) is 13.8 Å². The number of likely N-dealkylation sites (N-methyl/N-ethyl adjacent to an activating group) is 1. The molecule has 2 aromatic carbocycles. The van der Waals surface area contributed by atoms with Crippen molar-refractivity contribution in [2.45, 2.75) is 26.4 Å². The zero-order valence-electron chi connectivity index (χ0n) is 16.7. The molecule has 1 heterocycles. The monoisotopic (exact) mass is 394 g/mol. The van der Waals surface area contributed by atoms with Gasteiger partial charge in [-0.1, -0.05) is 36.4 Å². The number of nitrogens with zero attached hydrogens (tertiary/aromatic N) is 1. The molecule has 1 amide bonds. The van der Waals surface area contributed by atoms with E-state index in [1.165, 1.54) is 10.4 Å². The highest BCUT2D eigenvalue weighted by molar-refractivity contribution is 7.10. The molecule has 3 rings (SSSR count). The summed E-state index contributed by atoms with van der Waals surface area (Å²) >= 11 is 1.72. The highest BCUT2D eigenvalue weighted by Gasteiger charge is 2.26. The molecule has 0 radical (unpaired) electrons. The molecular formula is C23H26N2O2S. The number of rotatable bonds is 7. The summed E-state index contributed by atoms with van der Waals surface area (Å²) in [5, 5.41) is 5.16. The van der Waals surface area contributed by atoms with Gasteiger partial charge in [0.05, 0.1) is 12.8 Å². The van der Waals surface area contributed by atoms with E-state index in [2.05, 4.69) is 28.6 Å². The molecule has 146 valence electrons. The van der Waals surface area contributed by atoms with E-state index < -0.39 is 6.04 Å². The number of carbonyl (C=O) groups is 1. The van der Waals surface area contributed by atoms with Gasteiger partial charge in [0.25, 0.3) is 0 Å².